The molecule has 1 aliphatic rings. The zero-order valence-corrected chi connectivity index (χ0v) is 13.6. The second-order valence-corrected chi connectivity index (χ2v) is 5.80. The zero-order valence-electron chi connectivity index (χ0n) is 10.5. The lowest BCUT2D eigenvalue weighted by molar-refractivity contribution is -0.117. The molecule has 0 bridgehead atoms. The fourth-order valence-electron chi connectivity index (χ4n) is 2.02. The molecule has 0 spiro atoms. The van der Waals surface area contributed by atoms with E-state index < -0.39 is 0 Å². The zero-order chi connectivity index (χ0) is 14.0. The Hall–Kier alpha value is -0.230. The molecule has 0 aromatic heterocycles. The third-order valence-electron chi connectivity index (χ3n) is 2.96. The predicted octanol–water partition coefficient (Wildman–Crippen LogP) is 3.04. The molecule has 0 saturated carbocycles. The van der Waals surface area contributed by atoms with Gasteiger partial charge in [-0.25, -0.2) is 0 Å². The van der Waals surface area contributed by atoms with Crippen LogP contribution in [0.4, 0.5) is 5.69 Å². The fourth-order valence-corrected chi connectivity index (χ4v) is 2.61. The first kappa shape index (κ1) is 17.8. The Kier molecular flexibility index (Phi) is 6.85. The predicted molar refractivity (Wildman–Crippen MR) is 86.4 cm³/mol. The van der Waals surface area contributed by atoms with Crippen molar-refractivity contribution < 1.29 is 4.79 Å². The second-order valence-electron chi connectivity index (χ2n) is 4.58. The molecule has 1 saturated heterocycles. The molecule has 8 heteroatoms. The molecule has 4 nitrogen and oxygen atoms in total. The number of amides is 1. The van der Waals surface area contributed by atoms with E-state index >= 15 is 0 Å². The van der Waals surface area contributed by atoms with E-state index in [4.69, 9.17) is 40.5 Å². The molecule has 1 heterocycles. The molecule has 1 unspecified atom stereocenters. The smallest absolute Gasteiger partial charge is 0.238 e. The number of halogens is 4. The maximum atomic E-state index is 11.9. The molecule has 1 amide bonds. The Morgan fingerprint density at radius 1 is 1.30 bits per heavy atom. The summed E-state index contributed by atoms with van der Waals surface area (Å²) < 4.78 is 0. The van der Waals surface area contributed by atoms with Crippen LogP contribution in [0.25, 0.3) is 0 Å². The number of likely N-dealkylation sites (tertiary alicyclic amines) is 1. The minimum absolute atomic E-state index is 0. The third kappa shape index (κ3) is 4.65. The number of nitrogens with zero attached hydrogens (tertiary/aromatic N) is 1. The number of benzene rings is 1. The molecular weight excluding hydrogens is 344 g/mol. The van der Waals surface area contributed by atoms with Crippen LogP contribution in [-0.4, -0.2) is 36.5 Å². The number of carbonyl (C=O) groups is 1. The molecular formula is C12H15Cl4N3O. The van der Waals surface area contributed by atoms with Crippen LogP contribution in [0.5, 0.6) is 0 Å². The van der Waals surface area contributed by atoms with Crippen molar-refractivity contribution in [3.05, 3.63) is 27.2 Å². The van der Waals surface area contributed by atoms with Crippen molar-refractivity contribution in [3.63, 3.8) is 0 Å². The number of rotatable bonds is 3. The number of carbonyl (C=O) groups excluding carboxylic acids is 1. The van der Waals surface area contributed by atoms with Gasteiger partial charge in [0, 0.05) is 19.1 Å². The number of anilines is 1. The van der Waals surface area contributed by atoms with Gasteiger partial charge in [0.05, 0.1) is 27.3 Å². The third-order valence-corrected chi connectivity index (χ3v) is 3.99. The van der Waals surface area contributed by atoms with Gasteiger partial charge in [0.1, 0.15) is 0 Å². The number of nitrogens with two attached hydrogens (primary N) is 1. The van der Waals surface area contributed by atoms with E-state index in [0.29, 0.717) is 27.3 Å². The first-order chi connectivity index (χ1) is 8.95. The molecule has 1 atom stereocenters. The van der Waals surface area contributed by atoms with Crippen LogP contribution in [0.1, 0.15) is 6.42 Å². The molecule has 1 aromatic rings. The second kappa shape index (κ2) is 7.69. The summed E-state index contributed by atoms with van der Waals surface area (Å²) in [6.07, 6.45) is 0.917. The molecule has 1 aliphatic heterocycles. The summed E-state index contributed by atoms with van der Waals surface area (Å²) in [5, 5.41) is 3.79. The van der Waals surface area contributed by atoms with Crippen molar-refractivity contribution in [3.8, 4) is 0 Å². The van der Waals surface area contributed by atoms with Gasteiger partial charge < -0.3 is 11.1 Å². The highest BCUT2D eigenvalue weighted by Gasteiger charge is 2.21. The van der Waals surface area contributed by atoms with Crippen molar-refractivity contribution in [1.29, 1.82) is 0 Å². The maximum Gasteiger partial charge on any atom is 0.238 e. The van der Waals surface area contributed by atoms with Crippen LogP contribution < -0.4 is 11.1 Å². The molecule has 1 fully saturated rings. The van der Waals surface area contributed by atoms with E-state index in [9.17, 15) is 4.79 Å². The quantitative estimate of drug-likeness (QED) is 0.816. The average molecular weight is 359 g/mol. The van der Waals surface area contributed by atoms with Gasteiger partial charge in [-0.15, -0.1) is 12.4 Å². The van der Waals surface area contributed by atoms with E-state index in [1.165, 1.54) is 6.07 Å². The Balaban J connectivity index is 0.00000200. The van der Waals surface area contributed by atoms with Crippen LogP contribution in [0, 0.1) is 0 Å². The topological polar surface area (TPSA) is 58.4 Å². The lowest BCUT2D eigenvalue weighted by atomic mass is 10.3. The number of hydrogen-bond acceptors (Lipinski definition) is 3. The molecule has 2 rings (SSSR count). The Bertz CT molecular complexity index is 498. The molecule has 0 radical (unpaired) electrons. The fraction of sp³-hybridized carbons (Fsp3) is 0.417. The maximum absolute atomic E-state index is 11.9. The lowest BCUT2D eigenvalue weighted by Crippen LogP contribution is -2.33. The number of nitrogens with one attached hydrogen (secondary N) is 1. The molecule has 112 valence electrons. The summed E-state index contributed by atoms with van der Waals surface area (Å²) in [4.78, 5) is 13.9. The van der Waals surface area contributed by atoms with Crippen molar-refractivity contribution >= 4 is 58.8 Å². The highest BCUT2D eigenvalue weighted by Crippen LogP contribution is 2.32. The summed E-state index contributed by atoms with van der Waals surface area (Å²) in [5.41, 5.74) is 6.25. The Morgan fingerprint density at radius 2 is 1.95 bits per heavy atom. The largest absolute Gasteiger partial charge is 0.326 e. The number of hydrogen-bond donors (Lipinski definition) is 2. The van der Waals surface area contributed by atoms with E-state index in [2.05, 4.69) is 5.32 Å². The first-order valence-electron chi connectivity index (χ1n) is 5.88. The van der Waals surface area contributed by atoms with Crippen LogP contribution in [0.2, 0.25) is 15.1 Å². The SMILES string of the molecule is Cl.NC1CCN(CC(=O)Nc2cc(Cl)c(Cl)cc2Cl)C1. The van der Waals surface area contributed by atoms with Crippen molar-refractivity contribution in [2.75, 3.05) is 25.0 Å². The van der Waals surface area contributed by atoms with E-state index in [0.717, 1.165) is 19.5 Å². The summed E-state index contributed by atoms with van der Waals surface area (Å²) in [6, 6.07) is 3.20. The van der Waals surface area contributed by atoms with Gasteiger partial charge in [-0.2, -0.15) is 0 Å². The summed E-state index contributed by atoms with van der Waals surface area (Å²) in [7, 11) is 0. The highest BCUT2D eigenvalue weighted by atomic mass is 35.5. The molecule has 0 aliphatic carbocycles. The Labute approximate surface area is 138 Å². The first-order valence-corrected chi connectivity index (χ1v) is 7.01. The highest BCUT2D eigenvalue weighted by molar-refractivity contribution is 6.44. The van der Waals surface area contributed by atoms with Crippen LogP contribution in [-0.2, 0) is 4.79 Å². The van der Waals surface area contributed by atoms with Crippen molar-refractivity contribution in [2.24, 2.45) is 5.73 Å². The van der Waals surface area contributed by atoms with E-state index in [1.807, 2.05) is 4.90 Å². The average Bonchev–Trinajstić information content (AvgIpc) is 2.71. The van der Waals surface area contributed by atoms with Crippen LogP contribution in [0.15, 0.2) is 12.1 Å². The van der Waals surface area contributed by atoms with Gasteiger partial charge in [0.15, 0.2) is 0 Å². The normalized spacial score (nSPS) is 18.7. The molecule has 1 aromatic carbocycles. The van der Waals surface area contributed by atoms with Gasteiger partial charge in [-0.1, -0.05) is 34.8 Å². The minimum Gasteiger partial charge on any atom is -0.326 e. The summed E-state index contributed by atoms with van der Waals surface area (Å²) >= 11 is 17.7. The van der Waals surface area contributed by atoms with Crippen molar-refractivity contribution in [2.45, 2.75) is 12.5 Å². The van der Waals surface area contributed by atoms with Gasteiger partial charge in [-0.3, -0.25) is 9.69 Å². The Morgan fingerprint density at radius 3 is 2.55 bits per heavy atom. The van der Waals surface area contributed by atoms with Crippen LogP contribution >= 0.6 is 47.2 Å². The molecule has 3 N–H and O–H groups in total. The van der Waals surface area contributed by atoms with Gasteiger partial charge in [0.25, 0.3) is 0 Å². The van der Waals surface area contributed by atoms with Crippen molar-refractivity contribution in [1.82, 2.24) is 4.90 Å². The van der Waals surface area contributed by atoms with Crippen LogP contribution in [0.3, 0.4) is 0 Å². The standard InChI is InChI=1S/C12H14Cl3N3O.ClH/c13-8-3-10(15)11(4-9(8)14)17-12(19)6-18-2-1-7(16)5-18;/h3-4,7H,1-2,5-6,16H2,(H,17,19);1H. The monoisotopic (exact) mass is 357 g/mol. The molecule has 20 heavy (non-hydrogen) atoms. The summed E-state index contributed by atoms with van der Waals surface area (Å²) in [5.74, 6) is -0.144. The van der Waals surface area contributed by atoms with Gasteiger partial charge >= 0.3 is 0 Å². The van der Waals surface area contributed by atoms with Gasteiger partial charge in [0.2, 0.25) is 5.91 Å². The van der Waals surface area contributed by atoms with E-state index in [-0.39, 0.29) is 24.4 Å². The lowest BCUT2D eigenvalue weighted by Gasteiger charge is -2.15. The van der Waals surface area contributed by atoms with E-state index in [1.54, 1.807) is 6.07 Å². The minimum atomic E-state index is -0.144. The summed E-state index contributed by atoms with van der Waals surface area (Å²) in [6.45, 7) is 1.87. The van der Waals surface area contributed by atoms with Gasteiger partial charge in [-0.05, 0) is 18.6 Å².